The number of aromatic nitrogens is 2. The van der Waals surface area contributed by atoms with Gasteiger partial charge >= 0.3 is 0 Å². The van der Waals surface area contributed by atoms with Crippen LogP contribution in [0, 0.1) is 5.41 Å². The van der Waals surface area contributed by atoms with E-state index >= 15 is 0 Å². The Morgan fingerprint density at radius 1 is 1.25 bits per heavy atom. The van der Waals surface area contributed by atoms with Crippen molar-refractivity contribution in [2.45, 2.75) is 52.6 Å². The van der Waals surface area contributed by atoms with E-state index in [0.29, 0.717) is 6.04 Å². The Morgan fingerprint density at radius 2 is 1.81 bits per heavy atom. The van der Waals surface area contributed by atoms with Crippen LogP contribution in [0.25, 0.3) is 0 Å². The average molecular weight is 224 g/mol. The zero-order valence-corrected chi connectivity index (χ0v) is 11.5. The molecule has 0 radical (unpaired) electrons. The lowest BCUT2D eigenvalue weighted by Crippen LogP contribution is -2.39. The van der Waals surface area contributed by atoms with Crippen LogP contribution in [0.3, 0.4) is 0 Å². The fourth-order valence-electron chi connectivity index (χ4n) is 2.01. The van der Waals surface area contributed by atoms with Gasteiger partial charge < -0.3 is 5.73 Å². The molecule has 1 atom stereocenters. The Kier molecular flexibility index (Phi) is 3.48. The molecule has 0 saturated carbocycles. The lowest BCUT2D eigenvalue weighted by Gasteiger charge is -2.32. The Morgan fingerprint density at radius 3 is 2.12 bits per heavy atom. The van der Waals surface area contributed by atoms with Crippen LogP contribution in [0.4, 0.5) is 0 Å². The maximum Gasteiger partial charge on any atom is 0.243 e. The third-order valence-electron chi connectivity index (χ3n) is 2.87. The third kappa shape index (κ3) is 3.63. The second kappa shape index (κ2) is 4.21. The first-order valence-corrected chi connectivity index (χ1v) is 5.91. The highest BCUT2D eigenvalue weighted by Gasteiger charge is 2.34. The number of rotatable bonds is 3. The van der Waals surface area contributed by atoms with Crippen LogP contribution >= 0.6 is 0 Å². The van der Waals surface area contributed by atoms with Gasteiger partial charge in [-0.05, 0) is 13.8 Å². The van der Waals surface area contributed by atoms with Crippen molar-refractivity contribution in [3.05, 3.63) is 18.7 Å². The number of aryl methyl sites for hydroxylation is 1. The van der Waals surface area contributed by atoms with Gasteiger partial charge in [0.05, 0.1) is 7.05 Å². The first-order valence-electron chi connectivity index (χ1n) is 5.91. The first kappa shape index (κ1) is 13.2. The molecule has 0 amide bonds. The van der Waals surface area contributed by atoms with Gasteiger partial charge in [-0.3, -0.25) is 0 Å². The minimum atomic E-state index is -0.138. The summed E-state index contributed by atoms with van der Waals surface area (Å²) in [6.07, 6.45) is 7.30. The van der Waals surface area contributed by atoms with Crippen molar-refractivity contribution < 1.29 is 4.57 Å². The van der Waals surface area contributed by atoms with Crippen LogP contribution in [0.2, 0.25) is 0 Å². The molecule has 0 aliphatic rings. The van der Waals surface area contributed by atoms with Crippen molar-refractivity contribution in [3.63, 3.8) is 0 Å². The molecule has 0 aliphatic heterocycles. The van der Waals surface area contributed by atoms with Crippen molar-refractivity contribution in [3.8, 4) is 0 Å². The van der Waals surface area contributed by atoms with Crippen LogP contribution in [-0.4, -0.2) is 10.1 Å². The highest BCUT2D eigenvalue weighted by molar-refractivity contribution is 4.89. The van der Waals surface area contributed by atoms with Crippen molar-refractivity contribution in [1.82, 2.24) is 4.57 Å². The monoisotopic (exact) mass is 224 g/mol. The number of hydrogen-bond acceptors (Lipinski definition) is 1. The van der Waals surface area contributed by atoms with Gasteiger partial charge in [-0.15, -0.1) is 0 Å². The average Bonchev–Trinajstić information content (AvgIpc) is 2.43. The van der Waals surface area contributed by atoms with Crippen LogP contribution in [0.15, 0.2) is 18.7 Å². The van der Waals surface area contributed by atoms with E-state index in [-0.39, 0.29) is 11.0 Å². The molecule has 16 heavy (non-hydrogen) atoms. The van der Waals surface area contributed by atoms with Crippen molar-refractivity contribution in [1.29, 1.82) is 0 Å². The van der Waals surface area contributed by atoms with Crippen LogP contribution in [0.1, 0.15) is 47.1 Å². The SMILES string of the molecule is C[n+]1ccn(C(CC(C)(C)N)C(C)(C)C)c1. The molecule has 1 unspecified atom stereocenters. The summed E-state index contributed by atoms with van der Waals surface area (Å²) in [6, 6.07) is 0.425. The van der Waals surface area contributed by atoms with Gasteiger partial charge in [0, 0.05) is 17.4 Å². The molecule has 2 N–H and O–H groups in total. The van der Waals surface area contributed by atoms with Crippen LogP contribution in [0.5, 0.6) is 0 Å². The smallest absolute Gasteiger partial charge is 0.243 e. The zero-order valence-electron chi connectivity index (χ0n) is 11.5. The zero-order chi connectivity index (χ0) is 12.6. The predicted molar refractivity (Wildman–Crippen MR) is 67.0 cm³/mol. The Bertz CT molecular complexity index is 339. The third-order valence-corrected chi connectivity index (χ3v) is 2.87. The van der Waals surface area contributed by atoms with Crippen molar-refractivity contribution in [2.24, 2.45) is 18.2 Å². The predicted octanol–water partition coefficient (Wildman–Crippen LogP) is 2.03. The standard InChI is InChI=1S/C13H26N3/c1-12(2,3)11(9-13(4,5)14)16-8-7-15(6)10-16/h7-8,10-11H,9,14H2,1-6H3/q+1. The summed E-state index contributed by atoms with van der Waals surface area (Å²) in [5.41, 5.74) is 6.23. The molecule has 1 heterocycles. The minimum Gasteiger partial charge on any atom is -0.325 e. The maximum atomic E-state index is 6.16. The molecule has 3 nitrogen and oxygen atoms in total. The van der Waals surface area contributed by atoms with Crippen LogP contribution < -0.4 is 10.3 Å². The molecule has 1 aromatic heterocycles. The summed E-state index contributed by atoms with van der Waals surface area (Å²) in [5, 5.41) is 0. The molecular weight excluding hydrogens is 198 g/mol. The topological polar surface area (TPSA) is 34.8 Å². The van der Waals surface area contributed by atoms with Gasteiger partial charge in [-0.25, -0.2) is 9.13 Å². The van der Waals surface area contributed by atoms with Gasteiger partial charge in [-0.2, -0.15) is 0 Å². The summed E-state index contributed by atoms with van der Waals surface area (Å²) < 4.78 is 4.34. The Labute approximate surface area is 99.3 Å². The molecular formula is C13H26N3+. The lowest BCUT2D eigenvalue weighted by atomic mass is 9.80. The van der Waals surface area contributed by atoms with Gasteiger partial charge in [0.1, 0.15) is 18.4 Å². The molecule has 0 aliphatic carbocycles. The van der Waals surface area contributed by atoms with Gasteiger partial charge in [-0.1, -0.05) is 20.8 Å². The lowest BCUT2D eigenvalue weighted by molar-refractivity contribution is -0.671. The highest BCUT2D eigenvalue weighted by Crippen LogP contribution is 2.35. The molecule has 1 rings (SSSR count). The fourth-order valence-corrected chi connectivity index (χ4v) is 2.01. The molecule has 92 valence electrons. The number of imidazole rings is 1. The fraction of sp³-hybridized carbons (Fsp3) is 0.769. The summed E-state index contributed by atoms with van der Waals surface area (Å²) in [5.74, 6) is 0. The number of hydrogen-bond donors (Lipinski definition) is 1. The second-order valence-electron chi connectivity index (χ2n) is 6.60. The van der Waals surface area contributed by atoms with Gasteiger partial charge in [0.15, 0.2) is 0 Å². The second-order valence-corrected chi connectivity index (χ2v) is 6.60. The number of nitrogens with zero attached hydrogens (tertiary/aromatic N) is 2. The van der Waals surface area contributed by atoms with Gasteiger partial charge in [0.2, 0.25) is 6.33 Å². The molecule has 3 heteroatoms. The summed E-state index contributed by atoms with van der Waals surface area (Å²) in [7, 11) is 2.05. The normalized spacial score (nSPS) is 15.2. The highest BCUT2D eigenvalue weighted by atomic mass is 15.1. The summed E-state index contributed by atoms with van der Waals surface area (Å²) >= 11 is 0. The summed E-state index contributed by atoms with van der Waals surface area (Å²) in [4.78, 5) is 0. The van der Waals surface area contributed by atoms with E-state index < -0.39 is 0 Å². The van der Waals surface area contributed by atoms with E-state index in [9.17, 15) is 0 Å². The molecule has 0 fully saturated rings. The quantitative estimate of drug-likeness (QED) is 0.783. The van der Waals surface area contributed by atoms with E-state index in [1.165, 1.54) is 0 Å². The largest absolute Gasteiger partial charge is 0.325 e. The van der Waals surface area contributed by atoms with Crippen molar-refractivity contribution in [2.75, 3.05) is 0 Å². The van der Waals surface area contributed by atoms with E-state index in [1.54, 1.807) is 0 Å². The number of nitrogens with two attached hydrogens (primary N) is 1. The molecule has 0 saturated heterocycles. The van der Waals surface area contributed by atoms with E-state index in [1.807, 2.05) is 7.05 Å². The first-order chi connectivity index (χ1) is 7.09. The van der Waals surface area contributed by atoms with Crippen molar-refractivity contribution >= 4 is 0 Å². The molecule has 0 bridgehead atoms. The molecule has 0 spiro atoms. The Hall–Kier alpha value is -0.830. The minimum absolute atomic E-state index is 0.138. The Balaban J connectivity index is 2.98. The van der Waals surface area contributed by atoms with E-state index in [4.69, 9.17) is 5.73 Å². The summed E-state index contributed by atoms with van der Waals surface area (Å²) in [6.45, 7) is 11.0. The molecule has 1 aromatic rings. The van der Waals surface area contributed by atoms with E-state index in [0.717, 1.165) is 6.42 Å². The van der Waals surface area contributed by atoms with Crippen LogP contribution in [-0.2, 0) is 7.05 Å². The van der Waals surface area contributed by atoms with E-state index in [2.05, 4.69) is 62.5 Å². The van der Waals surface area contributed by atoms with Gasteiger partial charge in [0.25, 0.3) is 0 Å². The molecule has 0 aromatic carbocycles. The maximum absolute atomic E-state index is 6.16.